The summed E-state index contributed by atoms with van der Waals surface area (Å²) >= 11 is 0.971. The summed E-state index contributed by atoms with van der Waals surface area (Å²) in [6.45, 7) is 10.6. The minimum Gasteiger partial charge on any atom is -0.507 e. The van der Waals surface area contributed by atoms with Gasteiger partial charge in [0.1, 0.15) is 23.9 Å². The average molecular weight is 563 g/mol. The molecule has 0 spiro atoms. The number of rotatable bonds is 5. The Morgan fingerprint density at radius 2 is 1.77 bits per heavy atom. The van der Waals surface area contributed by atoms with Crippen molar-refractivity contribution in [2.75, 3.05) is 24.7 Å². The maximum absolute atomic E-state index is 13.6. The second kappa shape index (κ2) is 10.4. The van der Waals surface area contributed by atoms with Crippen molar-refractivity contribution >= 4 is 39.9 Å². The third-order valence-corrected chi connectivity index (χ3v) is 7.94. The summed E-state index contributed by atoms with van der Waals surface area (Å²) in [5.74, 6) is -1.65. The fourth-order valence-corrected chi connectivity index (χ4v) is 5.72. The lowest BCUT2D eigenvalue weighted by molar-refractivity contribution is -0.132. The van der Waals surface area contributed by atoms with Crippen LogP contribution in [0.15, 0.2) is 48.0 Å². The standard InChI is InChI=1S/C30H30N2O7S/c1-6-37-28(36)26-16(2)31-29(40-26)32-23(17-7-10-19(11-8-17)30(3,4)5)22(25(34)27(32)35)24(33)18-9-12-20-21(15-18)39-14-13-38-20/h7-12,15,23,33H,6,13-14H2,1-5H3/b24-22+. The molecule has 1 N–H and O–H groups in total. The number of hydrogen-bond donors (Lipinski definition) is 1. The fourth-order valence-electron chi connectivity index (χ4n) is 4.73. The van der Waals surface area contributed by atoms with Gasteiger partial charge in [-0.1, -0.05) is 56.4 Å². The van der Waals surface area contributed by atoms with Gasteiger partial charge in [0.25, 0.3) is 5.78 Å². The molecule has 1 saturated heterocycles. The highest BCUT2D eigenvalue weighted by atomic mass is 32.1. The van der Waals surface area contributed by atoms with Gasteiger partial charge in [0.15, 0.2) is 16.6 Å². The van der Waals surface area contributed by atoms with E-state index in [4.69, 9.17) is 14.2 Å². The van der Waals surface area contributed by atoms with E-state index in [-0.39, 0.29) is 33.4 Å². The fraction of sp³-hybridized carbons (Fsp3) is 0.333. The van der Waals surface area contributed by atoms with Gasteiger partial charge in [-0.05, 0) is 48.6 Å². The monoisotopic (exact) mass is 562 g/mol. The molecule has 5 rings (SSSR count). The van der Waals surface area contributed by atoms with Crippen LogP contribution in [-0.4, -0.2) is 47.6 Å². The lowest BCUT2D eigenvalue weighted by Crippen LogP contribution is -2.29. The number of aliphatic hydroxyl groups is 1. The molecule has 3 aromatic rings. The molecule has 3 heterocycles. The first-order valence-corrected chi connectivity index (χ1v) is 13.8. The van der Waals surface area contributed by atoms with Crippen molar-refractivity contribution in [3.05, 3.63) is 75.3 Å². The predicted octanol–water partition coefficient (Wildman–Crippen LogP) is 5.32. The SMILES string of the molecule is CCOC(=O)c1sc(N2C(=O)C(=O)/C(=C(/O)c3ccc4c(c3)OCCO4)C2c2ccc(C(C)(C)C)cc2)nc1C. The summed E-state index contributed by atoms with van der Waals surface area (Å²) < 4.78 is 16.4. The molecule has 1 atom stereocenters. The Hall–Kier alpha value is -4.18. The van der Waals surface area contributed by atoms with Gasteiger partial charge < -0.3 is 19.3 Å². The average Bonchev–Trinajstić information content (AvgIpc) is 3.44. The number of Topliss-reactive ketones (excluding diaryl/α,β-unsaturated/α-hetero) is 1. The van der Waals surface area contributed by atoms with Crippen LogP contribution in [0.3, 0.4) is 0 Å². The van der Waals surface area contributed by atoms with Gasteiger partial charge in [0.05, 0.1) is 23.9 Å². The number of esters is 1. The van der Waals surface area contributed by atoms with Crippen molar-refractivity contribution in [2.45, 2.75) is 46.1 Å². The summed E-state index contributed by atoms with van der Waals surface area (Å²) in [6, 6.07) is 11.4. The molecule has 1 amide bonds. The Morgan fingerprint density at radius 3 is 2.42 bits per heavy atom. The molecule has 208 valence electrons. The minimum atomic E-state index is -0.984. The molecule has 1 unspecified atom stereocenters. The van der Waals surface area contributed by atoms with Crippen LogP contribution in [0.5, 0.6) is 11.5 Å². The number of thiazole rings is 1. The normalized spacial score (nSPS) is 18.2. The molecule has 2 aliphatic heterocycles. The third kappa shape index (κ3) is 4.83. The van der Waals surface area contributed by atoms with Crippen LogP contribution < -0.4 is 14.4 Å². The summed E-state index contributed by atoms with van der Waals surface area (Å²) in [6.07, 6.45) is 0. The van der Waals surface area contributed by atoms with Crippen molar-refractivity contribution in [1.82, 2.24) is 4.98 Å². The Morgan fingerprint density at radius 1 is 1.10 bits per heavy atom. The minimum absolute atomic E-state index is 0.0873. The van der Waals surface area contributed by atoms with Crippen molar-refractivity contribution in [1.29, 1.82) is 0 Å². The molecule has 0 bridgehead atoms. The highest BCUT2D eigenvalue weighted by Gasteiger charge is 2.48. The van der Waals surface area contributed by atoms with Gasteiger partial charge >= 0.3 is 11.9 Å². The maximum Gasteiger partial charge on any atom is 0.350 e. The van der Waals surface area contributed by atoms with Gasteiger partial charge in [-0.3, -0.25) is 14.5 Å². The van der Waals surface area contributed by atoms with Crippen molar-refractivity contribution in [2.24, 2.45) is 0 Å². The number of carbonyl (C=O) groups excluding carboxylic acids is 3. The lowest BCUT2D eigenvalue weighted by Gasteiger charge is -2.25. The number of ether oxygens (including phenoxy) is 3. The number of hydrogen-bond acceptors (Lipinski definition) is 9. The summed E-state index contributed by atoms with van der Waals surface area (Å²) in [4.78, 5) is 45.6. The van der Waals surface area contributed by atoms with E-state index in [1.165, 1.54) is 4.90 Å². The predicted molar refractivity (Wildman–Crippen MR) is 150 cm³/mol. The first-order valence-electron chi connectivity index (χ1n) is 13.0. The first-order chi connectivity index (χ1) is 19.0. The van der Waals surface area contributed by atoms with E-state index in [1.807, 2.05) is 24.3 Å². The molecule has 2 aliphatic rings. The quantitative estimate of drug-likeness (QED) is 0.192. The zero-order valence-electron chi connectivity index (χ0n) is 22.9. The van der Waals surface area contributed by atoms with Gasteiger partial charge in [-0.15, -0.1) is 0 Å². The zero-order chi connectivity index (χ0) is 28.8. The van der Waals surface area contributed by atoms with E-state index in [0.717, 1.165) is 16.9 Å². The van der Waals surface area contributed by atoms with Crippen molar-refractivity contribution < 1.29 is 33.7 Å². The molecular formula is C30H30N2O7S. The van der Waals surface area contributed by atoms with Crippen LogP contribution >= 0.6 is 11.3 Å². The summed E-state index contributed by atoms with van der Waals surface area (Å²) in [7, 11) is 0. The van der Waals surface area contributed by atoms with Crippen molar-refractivity contribution in [3.63, 3.8) is 0 Å². The number of fused-ring (bicyclic) bond motifs is 1. The molecule has 1 fully saturated rings. The van der Waals surface area contributed by atoms with Crippen molar-refractivity contribution in [3.8, 4) is 11.5 Å². The number of aryl methyl sites for hydroxylation is 1. The first kappa shape index (κ1) is 27.4. The molecule has 1 aromatic heterocycles. The van der Waals surface area contributed by atoms with Crippen LogP contribution in [0, 0.1) is 6.92 Å². The molecule has 0 aliphatic carbocycles. The molecule has 0 radical (unpaired) electrons. The smallest absolute Gasteiger partial charge is 0.350 e. The molecular weight excluding hydrogens is 532 g/mol. The molecule has 10 heteroatoms. The van der Waals surface area contributed by atoms with Crippen LogP contribution in [0.4, 0.5) is 5.13 Å². The highest BCUT2D eigenvalue weighted by molar-refractivity contribution is 7.17. The Balaban J connectivity index is 1.67. The number of ketones is 1. The van der Waals surface area contributed by atoms with Crippen LogP contribution in [0.2, 0.25) is 0 Å². The molecule has 0 saturated carbocycles. The summed E-state index contributed by atoms with van der Waals surface area (Å²) in [5.41, 5.74) is 2.16. The zero-order valence-corrected chi connectivity index (χ0v) is 23.8. The number of carbonyl (C=O) groups is 3. The Bertz CT molecular complexity index is 1530. The number of benzene rings is 2. The molecule has 9 nitrogen and oxygen atoms in total. The highest BCUT2D eigenvalue weighted by Crippen LogP contribution is 2.45. The lowest BCUT2D eigenvalue weighted by atomic mass is 9.85. The number of amides is 1. The topological polar surface area (TPSA) is 115 Å². The van der Waals surface area contributed by atoms with Crippen LogP contribution in [-0.2, 0) is 19.7 Å². The number of nitrogens with zero attached hydrogens (tertiary/aromatic N) is 2. The van der Waals surface area contributed by atoms with E-state index in [2.05, 4.69) is 25.8 Å². The maximum atomic E-state index is 13.6. The van der Waals surface area contributed by atoms with Gasteiger partial charge in [0, 0.05) is 5.56 Å². The Labute approximate surface area is 236 Å². The van der Waals surface area contributed by atoms with Gasteiger partial charge in [-0.25, -0.2) is 9.78 Å². The van der Waals surface area contributed by atoms with Gasteiger partial charge in [0.2, 0.25) is 0 Å². The Kier molecular flexibility index (Phi) is 7.14. The van der Waals surface area contributed by atoms with Gasteiger partial charge in [-0.2, -0.15) is 0 Å². The van der Waals surface area contributed by atoms with E-state index >= 15 is 0 Å². The van der Waals surface area contributed by atoms with Crippen LogP contribution in [0.1, 0.15) is 65.8 Å². The third-order valence-electron chi connectivity index (χ3n) is 6.80. The van der Waals surface area contributed by atoms with E-state index < -0.39 is 23.7 Å². The summed E-state index contributed by atoms with van der Waals surface area (Å²) in [5, 5.41) is 11.7. The number of anilines is 1. The molecule has 40 heavy (non-hydrogen) atoms. The molecule has 2 aromatic carbocycles. The van der Waals surface area contributed by atoms with E-state index in [9.17, 15) is 19.5 Å². The largest absolute Gasteiger partial charge is 0.507 e. The van der Waals surface area contributed by atoms with E-state index in [0.29, 0.717) is 41.5 Å². The second-order valence-corrected chi connectivity index (χ2v) is 11.5. The number of aromatic nitrogens is 1. The van der Waals surface area contributed by atoms with E-state index in [1.54, 1.807) is 32.0 Å². The second-order valence-electron chi connectivity index (χ2n) is 10.5. The van der Waals surface area contributed by atoms with Crippen LogP contribution in [0.25, 0.3) is 5.76 Å². The number of aliphatic hydroxyl groups excluding tert-OH is 1.